The van der Waals surface area contributed by atoms with Crippen LogP contribution in [-0.2, 0) is 4.79 Å². The molecule has 68 valence electrons. The van der Waals surface area contributed by atoms with Gasteiger partial charge in [-0.05, 0) is 12.8 Å². The van der Waals surface area contributed by atoms with Crippen LogP contribution in [0.2, 0.25) is 0 Å². The second-order valence-corrected chi connectivity index (χ2v) is 2.83. The van der Waals surface area contributed by atoms with E-state index in [9.17, 15) is 4.79 Å². The third-order valence-electron chi connectivity index (χ3n) is 1.54. The van der Waals surface area contributed by atoms with Gasteiger partial charge in [-0.15, -0.1) is 12.3 Å². The molecule has 0 atom stereocenters. The van der Waals surface area contributed by atoms with Crippen LogP contribution in [0.4, 0.5) is 0 Å². The maximum Gasteiger partial charge on any atom is 0.303 e. The Bertz CT molecular complexity index is 194. The Morgan fingerprint density at radius 1 is 1.50 bits per heavy atom. The standard InChI is InChI=1S/C8H14N2O2/c1-2-3-5-8(9,10)6-4-7(11)12/h1H,3-6,9-10H2,(H,11,12). The predicted octanol–water partition coefficient (Wildman–Crippen LogP) is -0.122. The van der Waals surface area contributed by atoms with Gasteiger partial charge in [0.2, 0.25) is 0 Å². The molecule has 0 saturated heterocycles. The van der Waals surface area contributed by atoms with E-state index in [2.05, 4.69) is 5.92 Å². The zero-order chi connectivity index (χ0) is 9.61. The van der Waals surface area contributed by atoms with Crippen molar-refractivity contribution < 1.29 is 9.90 Å². The zero-order valence-corrected chi connectivity index (χ0v) is 6.92. The molecule has 0 rings (SSSR count). The molecule has 0 aliphatic carbocycles. The number of hydrogen-bond donors (Lipinski definition) is 3. The summed E-state index contributed by atoms with van der Waals surface area (Å²) >= 11 is 0. The van der Waals surface area contributed by atoms with Crippen molar-refractivity contribution in [2.45, 2.75) is 31.3 Å². The Labute approximate surface area is 71.9 Å². The van der Waals surface area contributed by atoms with Gasteiger partial charge in [-0.1, -0.05) is 0 Å². The molecule has 0 aromatic carbocycles. The molecule has 0 aromatic rings. The van der Waals surface area contributed by atoms with Crippen LogP contribution in [0.25, 0.3) is 0 Å². The number of terminal acetylenes is 1. The van der Waals surface area contributed by atoms with Crippen LogP contribution in [0.1, 0.15) is 25.7 Å². The van der Waals surface area contributed by atoms with Gasteiger partial charge in [-0.25, -0.2) is 0 Å². The predicted molar refractivity (Wildman–Crippen MR) is 46.0 cm³/mol. The Hall–Kier alpha value is -1.05. The molecule has 0 saturated carbocycles. The molecule has 4 heteroatoms. The van der Waals surface area contributed by atoms with Crippen molar-refractivity contribution >= 4 is 5.97 Å². The number of nitrogens with two attached hydrogens (primary N) is 2. The second kappa shape index (κ2) is 4.75. The summed E-state index contributed by atoms with van der Waals surface area (Å²) in [7, 11) is 0. The van der Waals surface area contributed by atoms with Gasteiger partial charge in [0, 0.05) is 12.8 Å². The first-order valence-electron chi connectivity index (χ1n) is 3.71. The smallest absolute Gasteiger partial charge is 0.303 e. The van der Waals surface area contributed by atoms with Crippen LogP contribution in [0.15, 0.2) is 0 Å². The molecular weight excluding hydrogens is 156 g/mol. The Morgan fingerprint density at radius 2 is 2.08 bits per heavy atom. The van der Waals surface area contributed by atoms with Crippen molar-refractivity contribution in [2.75, 3.05) is 0 Å². The van der Waals surface area contributed by atoms with Crippen molar-refractivity contribution in [3.63, 3.8) is 0 Å². The molecule has 0 fully saturated rings. The van der Waals surface area contributed by atoms with E-state index in [4.69, 9.17) is 23.0 Å². The van der Waals surface area contributed by atoms with Gasteiger partial charge < -0.3 is 16.6 Å². The molecule has 0 unspecified atom stereocenters. The summed E-state index contributed by atoms with van der Waals surface area (Å²) < 4.78 is 0. The highest BCUT2D eigenvalue weighted by molar-refractivity contribution is 5.66. The quantitative estimate of drug-likeness (QED) is 0.396. The highest BCUT2D eigenvalue weighted by Crippen LogP contribution is 2.09. The topological polar surface area (TPSA) is 89.3 Å². The number of aliphatic carboxylic acids is 1. The van der Waals surface area contributed by atoms with Gasteiger partial charge in [-0.3, -0.25) is 4.79 Å². The van der Waals surface area contributed by atoms with Crippen molar-refractivity contribution in [1.29, 1.82) is 0 Å². The fraction of sp³-hybridized carbons (Fsp3) is 0.625. The molecular formula is C8H14N2O2. The molecule has 0 bridgehead atoms. The van der Waals surface area contributed by atoms with Crippen LogP contribution in [0.3, 0.4) is 0 Å². The summed E-state index contributed by atoms with van der Waals surface area (Å²) in [6.45, 7) is 0. The second-order valence-electron chi connectivity index (χ2n) is 2.83. The van der Waals surface area contributed by atoms with E-state index in [1.54, 1.807) is 0 Å². The monoisotopic (exact) mass is 170 g/mol. The number of carboxylic acid groups (broad SMARTS) is 1. The molecule has 12 heavy (non-hydrogen) atoms. The lowest BCUT2D eigenvalue weighted by Crippen LogP contribution is -2.49. The van der Waals surface area contributed by atoms with E-state index in [1.165, 1.54) is 0 Å². The lowest BCUT2D eigenvalue weighted by atomic mass is 10.0. The Morgan fingerprint density at radius 3 is 2.50 bits per heavy atom. The third-order valence-corrected chi connectivity index (χ3v) is 1.54. The summed E-state index contributed by atoms with van der Waals surface area (Å²) in [6, 6.07) is 0. The SMILES string of the molecule is C#CCCC(N)(N)CCC(=O)O. The summed E-state index contributed by atoms with van der Waals surface area (Å²) in [5.41, 5.74) is 10.2. The molecule has 4 nitrogen and oxygen atoms in total. The lowest BCUT2D eigenvalue weighted by Gasteiger charge is -2.22. The normalized spacial score (nSPS) is 10.8. The maximum absolute atomic E-state index is 10.2. The van der Waals surface area contributed by atoms with E-state index in [-0.39, 0.29) is 12.8 Å². The average molecular weight is 170 g/mol. The number of carboxylic acids is 1. The minimum atomic E-state index is -0.940. The van der Waals surface area contributed by atoms with Gasteiger partial charge in [0.15, 0.2) is 0 Å². The van der Waals surface area contributed by atoms with E-state index in [0.717, 1.165) is 0 Å². The van der Waals surface area contributed by atoms with E-state index in [1.807, 2.05) is 0 Å². The molecule has 0 heterocycles. The Balaban J connectivity index is 3.72. The first-order valence-corrected chi connectivity index (χ1v) is 3.71. The van der Waals surface area contributed by atoms with Gasteiger partial charge in [0.25, 0.3) is 0 Å². The van der Waals surface area contributed by atoms with Gasteiger partial charge in [-0.2, -0.15) is 0 Å². The van der Waals surface area contributed by atoms with Gasteiger partial charge in [0.1, 0.15) is 0 Å². The van der Waals surface area contributed by atoms with Gasteiger partial charge >= 0.3 is 5.97 Å². The average Bonchev–Trinajstić information content (AvgIpc) is 1.98. The van der Waals surface area contributed by atoms with E-state index in [0.29, 0.717) is 12.8 Å². The summed E-state index contributed by atoms with van der Waals surface area (Å²) in [6.07, 6.45) is 6.19. The molecule has 0 aromatic heterocycles. The van der Waals surface area contributed by atoms with Crippen LogP contribution in [0, 0.1) is 12.3 Å². The van der Waals surface area contributed by atoms with E-state index < -0.39 is 11.6 Å². The largest absolute Gasteiger partial charge is 0.481 e. The first kappa shape index (κ1) is 11.0. The molecule has 0 radical (unpaired) electrons. The maximum atomic E-state index is 10.2. The summed E-state index contributed by atoms with van der Waals surface area (Å²) in [5.74, 6) is 1.51. The minimum absolute atomic E-state index is 0.0163. The van der Waals surface area contributed by atoms with E-state index >= 15 is 0 Å². The minimum Gasteiger partial charge on any atom is -0.481 e. The van der Waals surface area contributed by atoms with Gasteiger partial charge in [0.05, 0.1) is 5.66 Å². The van der Waals surface area contributed by atoms with Crippen molar-refractivity contribution in [3.8, 4) is 12.3 Å². The first-order chi connectivity index (χ1) is 5.48. The lowest BCUT2D eigenvalue weighted by molar-refractivity contribution is -0.137. The van der Waals surface area contributed by atoms with Crippen LogP contribution in [-0.4, -0.2) is 16.7 Å². The molecule has 5 N–H and O–H groups in total. The summed E-state index contributed by atoms with van der Waals surface area (Å²) in [5, 5.41) is 8.35. The zero-order valence-electron chi connectivity index (χ0n) is 6.92. The number of hydrogen-bond acceptors (Lipinski definition) is 3. The summed E-state index contributed by atoms with van der Waals surface area (Å²) in [4.78, 5) is 10.2. The highest BCUT2D eigenvalue weighted by Gasteiger charge is 2.18. The van der Waals surface area contributed by atoms with Crippen molar-refractivity contribution in [3.05, 3.63) is 0 Å². The van der Waals surface area contributed by atoms with Crippen molar-refractivity contribution in [2.24, 2.45) is 11.5 Å². The fourth-order valence-electron chi connectivity index (χ4n) is 0.770. The Kier molecular flexibility index (Phi) is 4.34. The number of rotatable bonds is 5. The number of carbonyl (C=O) groups is 1. The van der Waals surface area contributed by atoms with Crippen LogP contribution in [0.5, 0.6) is 0 Å². The molecule has 0 aliphatic heterocycles. The van der Waals surface area contributed by atoms with Crippen LogP contribution >= 0.6 is 0 Å². The fourth-order valence-corrected chi connectivity index (χ4v) is 0.770. The molecule has 0 aliphatic rings. The molecule has 0 amide bonds. The third kappa shape index (κ3) is 5.71. The molecule has 0 spiro atoms. The van der Waals surface area contributed by atoms with Crippen molar-refractivity contribution in [1.82, 2.24) is 0 Å². The highest BCUT2D eigenvalue weighted by atomic mass is 16.4. The van der Waals surface area contributed by atoms with Crippen LogP contribution < -0.4 is 11.5 Å².